The van der Waals surface area contributed by atoms with Crippen LogP contribution >= 0.6 is 0 Å². The van der Waals surface area contributed by atoms with Crippen LogP contribution < -0.4 is 11.1 Å². The van der Waals surface area contributed by atoms with Crippen molar-refractivity contribution >= 4 is 5.91 Å². The first-order valence-electron chi connectivity index (χ1n) is 8.31. The zero-order chi connectivity index (χ0) is 17.5. The number of rotatable bonds is 7. The largest absolute Gasteiger partial charge is 0.353 e. The van der Waals surface area contributed by atoms with Crippen molar-refractivity contribution in [1.82, 2.24) is 10.2 Å². The number of nitrogens with one attached hydrogen (secondary N) is 1. The van der Waals surface area contributed by atoms with Gasteiger partial charge in [-0.05, 0) is 32.0 Å². The second-order valence-corrected chi connectivity index (χ2v) is 6.38. The molecule has 0 saturated carbocycles. The van der Waals surface area contributed by atoms with E-state index >= 15 is 0 Å². The first-order valence-corrected chi connectivity index (χ1v) is 8.31. The van der Waals surface area contributed by atoms with Crippen molar-refractivity contribution < 1.29 is 4.79 Å². The molecular formula is C20H27N3O. The number of likely N-dealkylation sites (N-methyl/N-ethyl adjacent to an activating group) is 1. The van der Waals surface area contributed by atoms with Crippen LogP contribution in [0.5, 0.6) is 0 Å². The third-order valence-corrected chi connectivity index (χ3v) is 4.32. The summed E-state index contributed by atoms with van der Waals surface area (Å²) in [4.78, 5) is 14.5. The minimum absolute atomic E-state index is 0.140. The Morgan fingerprint density at radius 2 is 1.75 bits per heavy atom. The number of nitrogens with two attached hydrogens (primary N) is 1. The molecule has 0 aliphatic heterocycles. The standard InChI is InChI=1S/C20H27N3O/c1-15-9-11-18(12-10-15)19(21)20(24)22-13-16(2)23(3)14-17-7-5-4-6-8-17/h4-12,16,19H,13-14,21H2,1-3H3,(H,22,24). The molecule has 24 heavy (non-hydrogen) atoms. The molecule has 0 heterocycles. The SMILES string of the molecule is Cc1ccc(C(N)C(=O)NCC(C)N(C)Cc2ccccc2)cc1. The smallest absolute Gasteiger partial charge is 0.241 e. The van der Waals surface area contributed by atoms with Gasteiger partial charge in [-0.3, -0.25) is 9.69 Å². The molecule has 4 nitrogen and oxygen atoms in total. The van der Waals surface area contributed by atoms with Crippen LogP contribution in [0.15, 0.2) is 54.6 Å². The van der Waals surface area contributed by atoms with E-state index in [9.17, 15) is 4.79 Å². The molecule has 0 aliphatic carbocycles. The Morgan fingerprint density at radius 3 is 2.38 bits per heavy atom. The molecule has 128 valence electrons. The molecule has 2 aromatic carbocycles. The third-order valence-electron chi connectivity index (χ3n) is 4.32. The van der Waals surface area contributed by atoms with Gasteiger partial charge in [-0.2, -0.15) is 0 Å². The summed E-state index contributed by atoms with van der Waals surface area (Å²) in [5.41, 5.74) is 9.30. The number of hydrogen-bond acceptors (Lipinski definition) is 3. The molecule has 0 spiro atoms. The van der Waals surface area contributed by atoms with Gasteiger partial charge in [-0.25, -0.2) is 0 Å². The van der Waals surface area contributed by atoms with Gasteiger partial charge in [0.2, 0.25) is 5.91 Å². The molecule has 2 unspecified atom stereocenters. The number of nitrogens with zero attached hydrogens (tertiary/aromatic N) is 1. The van der Waals surface area contributed by atoms with Crippen LogP contribution in [-0.4, -0.2) is 30.4 Å². The number of hydrogen-bond donors (Lipinski definition) is 2. The van der Waals surface area contributed by atoms with Gasteiger partial charge in [-0.1, -0.05) is 60.2 Å². The van der Waals surface area contributed by atoms with Gasteiger partial charge in [0.05, 0.1) is 0 Å². The van der Waals surface area contributed by atoms with Crippen LogP contribution in [0.3, 0.4) is 0 Å². The van der Waals surface area contributed by atoms with E-state index in [-0.39, 0.29) is 11.9 Å². The van der Waals surface area contributed by atoms with Crippen molar-refractivity contribution in [1.29, 1.82) is 0 Å². The molecule has 1 amide bonds. The van der Waals surface area contributed by atoms with Gasteiger partial charge < -0.3 is 11.1 Å². The van der Waals surface area contributed by atoms with Gasteiger partial charge in [0.25, 0.3) is 0 Å². The van der Waals surface area contributed by atoms with E-state index in [2.05, 4.69) is 36.3 Å². The van der Waals surface area contributed by atoms with Crippen molar-refractivity contribution in [2.24, 2.45) is 5.73 Å². The molecule has 0 fully saturated rings. The minimum Gasteiger partial charge on any atom is -0.353 e. The average molecular weight is 325 g/mol. The molecule has 0 bridgehead atoms. The number of aryl methyl sites for hydroxylation is 1. The van der Waals surface area contributed by atoms with Crippen LogP contribution in [0.2, 0.25) is 0 Å². The number of benzene rings is 2. The Kier molecular flexibility index (Phi) is 6.53. The Balaban J connectivity index is 1.82. The Bertz CT molecular complexity index is 640. The van der Waals surface area contributed by atoms with Crippen molar-refractivity contribution in [2.75, 3.05) is 13.6 Å². The lowest BCUT2D eigenvalue weighted by molar-refractivity contribution is -0.122. The van der Waals surface area contributed by atoms with Crippen LogP contribution in [0.4, 0.5) is 0 Å². The fraction of sp³-hybridized carbons (Fsp3) is 0.350. The highest BCUT2D eigenvalue weighted by atomic mass is 16.2. The van der Waals surface area contributed by atoms with Gasteiger partial charge in [0.1, 0.15) is 6.04 Å². The van der Waals surface area contributed by atoms with Crippen molar-refractivity contribution in [3.63, 3.8) is 0 Å². The van der Waals surface area contributed by atoms with Crippen LogP contribution in [0.25, 0.3) is 0 Å². The van der Waals surface area contributed by atoms with Gasteiger partial charge >= 0.3 is 0 Å². The van der Waals surface area contributed by atoms with E-state index in [1.54, 1.807) is 0 Å². The first-order chi connectivity index (χ1) is 11.5. The molecule has 0 aromatic heterocycles. The summed E-state index contributed by atoms with van der Waals surface area (Å²) >= 11 is 0. The van der Waals surface area contributed by atoms with Gasteiger partial charge in [-0.15, -0.1) is 0 Å². The Morgan fingerprint density at radius 1 is 1.12 bits per heavy atom. The molecule has 0 aliphatic rings. The molecule has 0 radical (unpaired) electrons. The van der Waals surface area contributed by atoms with E-state index in [0.29, 0.717) is 6.54 Å². The monoisotopic (exact) mass is 325 g/mol. The van der Waals surface area contributed by atoms with Crippen molar-refractivity contribution in [3.8, 4) is 0 Å². The van der Waals surface area contributed by atoms with Gasteiger partial charge in [0.15, 0.2) is 0 Å². The number of amides is 1. The lowest BCUT2D eigenvalue weighted by Crippen LogP contribution is -2.42. The van der Waals surface area contributed by atoms with Gasteiger partial charge in [0, 0.05) is 19.1 Å². The molecule has 3 N–H and O–H groups in total. The lowest BCUT2D eigenvalue weighted by Gasteiger charge is -2.25. The predicted molar refractivity (Wildman–Crippen MR) is 98.5 cm³/mol. The fourth-order valence-corrected chi connectivity index (χ4v) is 2.47. The van der Waals surface area contributed by atoms with E-state index in [1.807, 2.05) is 49.4 Å². The molecule has 2 aromatic rings. The van der Waals surface area contributed by atoms with Crippen LogP contribution in [0, 0.1) is 6.92 Å². The highest BCUT2D eigenvalue weighted by molar-refractivity contribution is 5.82. The Hall–Kier alpha value is -2.17. The summed E-state index contributed by atoms with van der Waals surface area (Å²) in [6.45, 7) is 5.53. The molecule has 2 atom stereocenters. The topological polar surface area (TPSA) is 58.4 Å². The summed E-state index contributed by atoms with van der Waals surface area (Å²) in [5.74, 6) is -0.140. The van der Waals surface area contributed by atoms with Crippen molar-refractivity contribution in [3.05, 3.63) is 71.3 Å². The summed E-state index contributed by atoms with van der Waals surface area (Å²) in [6, 6.07) is 17.7. The second-order valence-electron chi connectivity index (χ2n) is 6.38. The van der Waals surface area contributed by atoms with E-state index < -0.39 is 6.04 Å². The molecule has 4 heteroatoms. The highest BCUT2D eigenvalue weighted by Crippen LogP contribution is 2.12. The highest BCUT2D eigenvalue weighted by Gasteiger charge is 2.17. The summed E-state index contributed by atoms with van der Waals surface area (Å²) < 4.78 is 0. The first kappa shape index (κ1) is 18.2. The summed E-state index contributed by atoms with van der Waals surface area (Å²) in [7, 11) is 2.06. The second kappa shape index (κ2) is 8.62. The van der Waals surface area contributed by atoms with Crippen molar-refractivity contribution in [2.45, 2.75) is 32.5 Å². The maximum atomic E-state index is 12.3. The predicted octanol–water partition coefficient (Wildman–Crippen LogP) is 2.63. The lowest BCUT2D eigenvalue weighted by atomic mass is 10.1. The molecular weight excluding hydrogens is 298 g/mol. The van der Waals surface area contributed by atoms with E-state index in [4.69, 9.17) is 5.73 Å². The number of carbonyl (C=O) groups excluding carboxylic acids is 1. The van der Waals surface area contributed by atoms with E-state index in [1.165, 1.54) is 5.56 Å². The maximum Gasteiger partial charge on any atom is 0.241 e. The minimum atomic E-state index is -0.628. The maximum absolute atomic E-state index is 12.3. The summed E-state index contributed by atoms with van der Waals surface area (Å²) in [6.07, 6.45) is 0. The normalized spacial score (nSPS) is 13.5. The quantitative estimate of drug-likeness (QED) is 0.823. The zero-order valence-corrected chi connectivity index (χ0v) is 14.7. The fourth-order valence-electron chi connectivity index (χ4n) is 2.47. The van der Waals surface area contributed by atoms with Crippen LogP contribution in [-0.2, 0) is 11.3 Å². The van der Waals surface area contributed by atoms with E-state index in [0.717, 1.165) is 17.7 Å². The third kappa shape index (κ3) is 5.18. The molecule has 2 rings (SSSR count). The van der Waals surface area contributed by atoms with Crippen LogP contribution in [0.1, 0.15) is 29.7 Å². The Labute approximate surface area is 144 Å². The summed E-state index contributed by atoms with van der Waals surface area (Å²) in [5, 5.41) is 2.96. The zero-order valence-electron chi connectivity index (χ0n) is 14.7. The molecule has 0 saturated heterocycles. The number of carbonyl (C=O) groups is 1. The average Bonchev–Trinajstić information content (AvgIpc) is 2.60.